The molecule has 0 amide bonds. The molecule has 0 aliphatic carbocycles. The first-order valence-corrected chi connectivity index (χ1v) is 9.05. The number of hydrogen-bond donors (Lipinski definition) is 2. The molecule has 3 N–H and O–H groups in total. The Balaban J connectivity index is 2.00. The number of nitrogens with zero attached hydrogens (tertiary/aromatic N) is 4. The summed E-state index contributed by atoms with van der Waals surface area (Å²) >= 11 is 0. The van der Waals surface area contributed by atoms with Crippen LogP contribution in [0.5, 0.6) is 5.75 Å². The quantitative estimate of drug-likeness (QED) is 0.604. The van der Waals surface area contributed by atoms with Gasteiger partial charge < -0.3 is 15.8 Å². The largest absolute Gasteiger partial charge is 0.496 e. The third-order valence-electron chi connectivity index (χ3n) is 4.40. The fourth-order valence-electron chi connectivity index (χ4n) is 2.98. The predicted molar refractivity (Wildman–Crippen MR) is 105 cm³/mol. The van der Waals surface area contributed by atoms with Crippen molar-refractivity contribution in [2.45, 2.75) is 39.7 Å². The van der Waals surface area contributed by atoms with E-state index in [1.165, 1.54) is 5.56 Å². The van der Waals surface area contributed by atoms with Crippen LogP contribution in [-0.4, -0.2) is 33.4 Å². The summed E-state index contributed by atoms with van der Waals surface area (Å²) in [7, 11) is 1.69. The average Bonchev–Trinajstić information content (AvgIpc) is 3.04. The van der Waals surface area contributed by atoms with Crippen molar-refractivity contribution >= 4 is 22.8 Å². The van der Waals surface area contributed by atoms with Gasteiger partial charge in [-0.05, 0) is 24.5 Å². The number of benzene rings is 1. The predicted octanol–water partition coefficient (Wildman–Crippen LogP) is 3.24. The van der Waals surface area contributed by atoms with Crippen molar-refractivity contribution in [1.29, 1.82) is 0 Å². The molecule has 7 nitrogen and oxygen atoms in total. The second-order valence-electron chi connectivity index (χ2n) is 6.25. The number of hydrogen-bond acceptors (Lipinski definition) is 6. The van der Waals surface area contributed by atoms with Crippen molar-refractivity contribution in [2.75, 3.05) is 24.7 Å². The highest BCUT2D eigenvalue weighted by molar-refractivity contribution is 5.86. The van der Waals surface area contributed by atoms with Crippen LogP contribution in [0.1, 0.15) is 37.8 Å². The van der Waals surface area contributed by atoms with Gasteiger partial charge in [-0.1, -0.05) is 32.4 Å². The summed E-state index contributed by atoms with van der Waals surface area (Å²) < 4.78 is 7.43. The maximum absolute atomic E-state index is 5.86. The molecule has 0 aliphatic rings. The first-order valence-electron chi connectivity index (χ1n) is 9.05. The van der Waals surface area contributed by atoms with E-state index in [1.54, 1.807) is 13.3 Å². The topological polar surface area (TPSA) is 90.9 Å². The van der Waals surface area contributed by atoms with Gasteiger partial charge in [0.1, 0.15) is 16.8 Å². The Bertz CT molecular complexity index is 889. The normalized spacial score (nSPS) is 11.0. The van der Waals surface area contributed by atoms with E-state index >= 15 is 0 Å². The third-order valence-corrected chi connectivity index (χ3v) is 4.40. The smallest absolute Gasteiger partial charge is 0.222 e. The Labute approximate surface area is 153 Å². The molecule has 1 aromatic carbocycles. The van der Waals surface area contributed by atoms with Crippen LogP contribution in [0.2, 0.25) is 0 Å². The minimum atomic E-state index is 0.251. The zero-order valence-electron chi connectivity index (χ0n) is 15.6. The maximum Gasteiger partial charge on any atom is 0.222 e. The molecular formula is C19H26N6O. The highest BCUT2D eigenvalue weighted by atomic mass is 16.5. The van der Waals surface area contributed by atoms with Crippen molar-refractivity contribution in [3.8, 4) is 5.75 Å². The van der Waals surface area contributed by atoms with Gasteiger partial charge in [0, 0.05) is 12.1 Å². The Morgan fingerprint density at radius 2 is 2.08 bits per heavy atom. The summed E-state index contributed by atoms with van der Waals surface area (Å²) in [6, 6.07) is 6.26. The van der Waals surface area contributed by atoms with Crippen molar-refractivity contribution in [2.24, 2.45) is 0 Å². The van der Waals surface area contributed by atoms with Crippen LogP contribution in [0, 0.1) is 0 Å². The average molecular weight is 354 g/mol. The number of anilines is 2. The minimum absolute atomic E-state index is 0.251. The Morgan fingerprint density at radius 1 is 1.23 bits per heavy atom. The van der Waals surface area contributed by atoms with Gasteiger partial charge in [0.25, 0.3) is 0 Å². The van der Waals surface area contributed by atoms with Crippen molar-refractivity contribution in [3.05, 3.63) is 35.5 Å². The van der Waals surface area contributed by atoms with Crippen molar-refractivity contribution < 1.29 is 4.74 Å². The maximum atomic E-state index is 5.86. The standard InChI is InChI=1S/C19H26N6O/c1-4-6-9-21-18-17-15(23-19(20)24-18)11-22-25(17)12-14-10-13(5-2)7-8-16(14)26-3/h7-8,10-11H,4-6,9,12H2,1-3H3,(H3,20,21,23,24). The number of aryl methyl sites for hydroxylation is 1. The number of nitrogens with one attached hydrogen (secondary N) is 1. The van der Waals surface area contributed by atoms with Crippen molar-refractivity contribution in [1.82, 2.24) is 19.7 Å². The number of rotatable bonds is 8. The molecule has 0 spiro atoms. The lowest BCUT2D eigenvalue weighted by Gasteiger charge is -2.13. The van der Waals surface area contributed by atoms with Gasteiger partial charge in [-0.25, -0.2) is 4.98 Å². The summed E-state index contributed by atoms with van der Waals surface area (Å²) in [5.41, 5.74) is 9.79. The van der Waals surface area contributed by atoms with E-state index in [1.807, 2.05) is 10.7 Å². The van der Waals surface area contributed by atoms with Crippen LogP contribution in [0.3, 0.4) is 0 Å². The molecule has 0 fully saturated rings. The lowest BCUT2D eigenvalue weighted by Crippen LogP contribution is -2.10. The van der Waals surface area contributed by atoms with E-state index in [4.69, 9.17) is 10.5 Å². The zero-order chi connectivity index (χ0) is 18.5. The molecule has 0 radical (unpaired) electrons. The molecule has 26 heavy (non-hydrogen) atoms. The van der Waals surface area contributed by atoms with E-state index < -0.39 is 0 Å². The summed E-state index contributed by atoms with van der Waals surface area (Å²) in [5, 5.41) is 7.88. The van der Waals surface area contributed by atoms with Gasteiger partial charge in [0.2, 0.25) is 5.95 Å². The van der Waals surface area contributed by atoms with Crippen LogP contribution >= 0.6 is 0 Å². The van der Waals surface area contributed by atoms with Crippen LogP contribution < -0.4 is 15.8 Å². The van der Waals surface area contributed by atoms with E-state index in [0.717, 1.165) is 54.0 Å². The second kappa shape index (κ2) is 8.03. The summed E-state index contributed by atoms with van der Waals surface area (Å²) in [6.45, 7) is 5.71. The number of nitrogen functional groups attached to an aromatic ring is 1. The number of aromatic nitrogens is 4. The molecule has 7 heteroatoms. The van der Waals surface area contributed by atoms with Crippen LogP contribution in [0.4, 0.5) is 11.8 Å². The minimum Gasteiger partial charge on any atom is -0.496 e. The number of ether oxygens (including phenoxy) is 1. The van der Waals surface area contributed by atoms with Gasteiger partial charge in [-0.3, -0.25) is 4.68 Å². The highest BCUT2D eigenvalue weighted by Gasteiger charge is 2.14. The van der Waals surface area contributed by atoms with Crippen LogP contribution in [-0.2, 0) is 13.0 Å². The summed E-state index contributed by atoms with van der Waals surface area (Å²) in [5.74, 6) is 1.83. The number of unbranched alkanes of at least 4 members (excludes halogenated alkanes) is 1. The van der Waals surface area contributed by atoms with E-state index in [2.05, 4.69) is 46.4 Å². The molecule has 0 bridgehead atoms. The number of methoxy groups -OCH3 is 1. The third kappa shape index (κ3) is 3.71. The molecular weight excluding hydrogens is 328 g/mol. The molecule has 3 rings (SSSR count). The Hall–Kier alpha value is -2.83. The lowest BCUT2D eigenvalue weighted by atomic mass is 10.1. The van der Waals surface area contributed by atoms with Gasteiger partial charge in [-0.2, -0.15) is 10.1 Å². The first kappa shape index (κ1) is 18.0. The van der Waals surface area contributed by atoms with Gasteiger partial charge in [0.05, 0.1) is 19.9 Å². The molecule has 0 aliphatic heterocycles. The van der Waals surface area contributed by atoms with E-state index in [-0.39, 0.29) is 5.95 Å². The van der Waals surface area contributed by atoms with E-state index in [0.29, 0.717) is 6.54 Å². The highest BCUT2D eigenvalue weighted by Crippen LogP contribution is 2.26. The fraction of sp³-hybridized carbons (Fsp3) is 0.421. The summed E-state index contributed by atoms with van der Waals surface area (Å²) in [6.07, 6.45) is 4.87. The Kier molecular flexibility index (Phi) is 5.55. The zero-order valence-corrected chi connectivity index (χ0v) is 15.6. The number of fused-ring (bicyclic) bond motifs is 1. The molecule has 3 aromatic rings. The van der Waals surface area contributed by atoms with Gasteiger partial charge >= 0.3 is 0 Å². The SMILES string of the molecule is CCCCNc1nc(N)nc2cnn(Cc3cc(CC)ccc3OC)c12. The first-order chi connectivity index (χ1) is 12.7. The molecule has 0 atom stereocenters. The summed E-state index contributed by atoms with van der Waals surface area (Å²) in [4.78, 5) is 8.70. The molecule has 138 valence electrons. The second-order valence-corrected chi connectivity index (χ2v) is 6.25. The molecule has 0 saturated carbocycles. The van der Waals surface area contributed by atoms with Crippen LogP contribution in [0.25, 0.3) is 11.0 Å². The van der Waals surface area contributed by atoms with Crippen LogP contribution in [0.15, 0.2) is 24.4 Å². The molecule has 0 saturated heterocycles. The van der Waals surface area contributed by atoms with E-state index in [9.17, 15) is 0 Å². The monoisotopic (exact) mass is 354 g/mol. The van der Waals surface area contributed by atoms with Gasteiger partial charge in [-0.15, -0.1) is 0 Å². The molecule has 2 heterocycles. The fourth-order valence-corrected chi connectivity index (χ4v) is 2.98. The molecule has 0 unspecified atom stereocenters. The van der Waals surface area contributed by atoms with Crippen molar-refractivity contribution in [3.63, 3.8) is 0 Å². The number of nitrogens with two attached hydrogens (primary N) is 1. The van der Waals surface area contributed by atoms with Gasteiger partial charge in [0.15, 0.2) is 5.82 Å². The molecule has 2 aromatic heterocycles. The lowest BCUT2D eigenvalue weighted by molar-refractivity contribution is 0.407. The Morgan fingerprint density at radius 3 is 2.81 bits per heavy atom.